The minimum absolute atomic E-state index is 0.0370. The smallest absolute Gasteiger partial charge is 0.306 e. The molecule has 0 amide bonds. The van der Waals surface area contributed by atoms with Gasteiger partial charge in [-0.25, -0.2) is 0 Å². The minimum Gasteiger partial charge on any atom is -0.481 e. The zero-order chi connectivity index (χ0) is 7.56. The van der Waals surface area contributed by atoms with Crippen LogP contribution >= 0.6 is 0 Å². The standard InChI is InChI=1S/C8H14O2/c1-2-6-4-3-5-7(6)8(9)10/h6-7H,2-5H2,1H3,(H,9,10)/t6-,7+/m1/s1. The lowest BCUT2D eigenvalue weighted by atomic mass is 9.94. The van der Waals surface area contributed by atoms with Gasteiger partial charge in [-0.2, -0.15) is 0 Å². The molecule has 58 valence electrons. The molecule has 1 saturated carbocycles. The molecule has 0 aromatic rings. The molecule has 0 saturated heterocycles. The third kappa shape index (κ3) is 1.31. The Kier molecular flexibility index (Phi) is 2.30. The zero-order valence-corrected chi connectivity index (χ0v) is 6.34. The van der Waals surface area contributed by atoms with Gasteiger partial charge < -0.3 is 5.11 Å². The summed E-state index contributed by atoms with van der Waals surface area (Å²) in [6.07, 6.45) is 4.15. The number of aliphatic carboxylic acids is 1. The SMILES string of the molecule is CC[C@@H]1CCC[C@@H]1C(=O)O. The Morgan fingerprint density at radius 3 is 2.70 bits per heavy atom. The minimum atomic E-state index is -0.593. The van der Waals surface area contributed by atoms with E-state index in [1.54, 1.807) is 0 Å². The molecule has 2 nitrogen and oxygen atoms in total. The van der Waals surface area contributed by atoms with E-state index >= 15 is 0 Å². The van der Waals surface area contributed by atoms with Gasteiger partial charge in [0.2, 0.25) is 0 Å². The monoisotopic (exact) mass is 142 g/mol. The summed E-state index contributed by atoms with van der Waals surface area (Å²) >= 11 is 0. The largest absolute Gasteiger partial charge is 0.481 e. The Morgan fingerprint density at radius 2 is 2.30 bits per heavy atom. The maximum absolute atomic E-state index is 10.6. The van der Waals surface area contributed by atoms with Gasteiger partial charge in [0.05, 0.1) is 5.92 Å². The van der Waals surface area contributed by atoms with Crippen molar-refractivity contribution in [1.82, 2.24) is 0 Å². The second-order valence-electron chi connectivity index (χ2n) is 3.04. The van der Waals surface area contributed by atoms with Crippen LogP contribution in [0, 0.1) is 11.8 Å². The fraction of sp³-hybridized carbons (Fsp3) is 0.875. The lowest BCUT2D eigenvalue weighted by Gasteiger charge is -2.11. The maximum Gasteiger partial charge on any atom is 0.306 e. The van der Waals surface area contributed by atoms with E-state index in [4.69, 9.17) is 5.11 Å². The molecular weight excluding hydrogens is 128 g/mol. The van der Waals surface area contributed by atoms with Crippen LogP contribution < -0.4 is 0 Å². The average Bonchev–Trinajstić information content (AvgIpc) is 2.33. The highest BCUT2D eigenvalue weighted by Gasteiger charge is 2.30. The molecule has 1 rings (SSSR count). The first-order chi connectivity index (χ1) is 4.75. The Balaban J connectivity index is 2.50. The van der Waals surface area contributed by atoms with E-state index in [-0.39, 0.29) is 5.92 Å². The highest BCUT2D eigenvalue weighted by atomic mass is 16.4. The van der Waals surface area contributed by atoms with Crippen molar-refractivity contribution in [3.63, 3.8) is 0 Å². The van der Waals surface area contributed by atoms with Crippen LogP contribution in [0.5, 0.6) is 0 Å². The van der Waals surface area contributed by atoms with Gasteiger partial charge in [0.15, 0.2) is 0 Å². The number of carboxylic acid groups (broad SMARTS) is 1. The Labute approximate surface area is 61.2 Å². The first kappa shape index (κ1) is 7.58. The van der Waals surface area contributed by atoms with E-state index in [0.717, 1.165) is 25.7 Å². The summed E-state index contributed by atoms with van der Waals surface area (Å²) < 4.78 is 0. The van der Waals surface area contributed by atoms with Crippen molar-refractivity contribution >= 4 is 5.97 Å². The van der Waals surface area contributed by atoms with Crippen LogP contribution in [0.4, 0.5) is 0 Å². The van der Waals surface area contributed by atoms with Crippen LogP contribution in [0.25, 0.3) is 0 Å². The Morgan fingerprint density at radius 1 is 1.60 bits per heavy atom. The van der Waals surface area contributed by atoms with E-state index in [9.17, 15) is 4.79 Å². The van der Waals surface area contributed by atoms with Crippen molar-refractivity contribution in [2.24, 2.45) is 11.8 Å². The van der Waals surface area contributed by atoms with Gasteiger partial charge in [-0.15, -0.1) is 0 Å². The molecule has 0 radical (unpaired) electrons. The van der Waals surface area contributed by atoms with Crippen LogP contribution in [0.1, 0.15) is 32.6 Å². The van der Waals surface area contributed by atoms with Crippen LogP contribution in [0.2, 0.25) is 0 Å². The second-order valence-corrected chi connectivity index (χ2v) is 3.04. The fourth-order valence-electron chi connectivity index (χ4n) is 1.85. The number of carboxylic acids is 1. The topological polar surface area (TPSA) is 37.3 Å². The van der Waals surface area contributed by atoms with Crippen LogP contribution in [-0.4, -0.2) is 11.1 Å². The summed E-state index contributed by atoms with van der Waals surface area (Å²) in [5.74, 6) is -0.174. The molecule has 2 heteroatoms. The highest BCUT2D eigenvalue weighted by molar-refractivity contribution is 5.70. The van der Waals surface area contributed by atoms with Gasteiger partial charge in [-0.1, -0.05) is 19.8 Å². The number of carbonyl (C=O) groups is 1. The highest BCUT2D eigenvalue weighted by Crippen LogP contribution is 2.33. The summed E-state index contributed by atoms with van der Waals surface area (Å²) in [5, 5.41) is 8.71. The van der Waals surface area contributed by atoms with Crippen molar-refractivity contribution in [2.75, 3.05) is 0 Å². The summed E-state index contributed by atoms with van der Waals surface area (Å²) in [6, 6.07) is 0. The van der Waals surface area contributed by atoms with Crippen molar-refractivity contribution in [1.29, 1.82) is 0 Å². The predicted octanol–water partition coefficient (Wildman–Crippen LogP) is 1.90. The zero-order valence-electron chi connectivity index (χ0n) is 6.34. The van der Waals surface area contributed by atoms with Crippen molar-refractivity contribution in [3.8, 4) is 0 Å². The first-order valence-corrected chi connectivity index (χ1v) is 3.98. The Bertz CT molecular complexity index is 131. The summed E-state index contributed by atoms with van der Waals surface area (Å²) in [6.45, 7) is 2.08. The van der Waals surface area contributed by atoms with E-state index in [2.05, 4.69) is 6.92 Å². The van der Waals surface area contributed by atoms with Crippen LogP contribution in [0.3, 0.4) is 0 Å². The summed E-state index contributed by atoms with van der Waals surface area (Å²) in [4.78, 5) is 10.6. The molecule has 0 spiro atoms. The lowest BCUT2D eigenvalue weighted by Crippen LogP contribution is -2.17. The molecule has 0 heterocycles. The van der Waals surface area contributed by atoms with Crippen LogP contribution in [0.15, 0.2) is 0 Å². The van der Waals surface area contributed by atoms with Gasteiger partial charge in [-0.05, 0) is 18.8 Å². The van der Waals surface area contributed by atoms with Crippen molar-refractivity contribution in [2.45, 2.75) is 32.6 Å². The predicted molar refractivity (Wildman–Crippen MR) is 38.8 cm³/mol. The average molecular weight is 142 g/mol. The summed E-state index contributed by atoms with van der Waals surface area (Å²) in [7, 11) is 0. The molecule has 0 aliphatic heterocycles. The van der Waals surface area contributed by atoms with E-state index in [1.165, 1.54) is 0 Å². The number of rotatable bonds is 2. The number of hydrogen-bond donors (Lipinski definition) is 1. The number of hydrogen-bond acceptors (Lipinski definition) is 1. The van der Waals surface area contributed by atoms with Crippen LogP contribution in [-0.2, 0) is 4.79 Å². The maximum atomic E-state index is 10.6. The van der Waals surface area contributed by atoms with Gasteiger partial charge in [0.1, 0.15) is 0 Å². The molecule has 1 fully saturated rings. The molecular formula is C8H14O2. The molecule has 0 unspecified atom stereocenters. The second kappa shape index (κ2) is 3.04. The summed E-state index contributed by atoms with van der Waals surface area (Å²) in [5.41, 5.74) is 0. The van der Waals surface area contributed by atoms with Gasteiger partial charge in [0, 0.05) is 0 Å². The molecule has 1 aliphatic carbocycles. The van der Waals surface area contributed by atoms with Gasteiger partial charge in [0.25, 0.3) is 0 Å². The first-order valence-electron chi connectivity index (χ1n) is 3.98. The lowest BCUT2D eigenvalue weighted by molar-refractivity contribution is -0.142. The Hall–Kier alpha value is -0.530. The molecule has 10 heavy (non-hydrogen) atoms. The third-order valence-electron chi connectivity index (χ3n) is 2.50. The third-order valence-corrected chi connectivity index (χ3v) is 2.50. The molecule has 0 aromatic carbocycles. The normalized spacial score (nSPS) is 32.5. The van der Waals surface area contributed by atoms with E-state index in [0.29, 0.717) is 5.92 Å². The molecule has 0 bridgehead atoms. The molecule has 0 aromatic heterocycles. The molecule has 1 aliphatic rings. The van der Waals surface area contributed by atoms with Gasteiger partial charge >= 0.3 is 5.97 Å². The fourth-order valence-corrected chi connectivity index (χ4v) is 1.85. The van der Waals surface area contributed by atoms with Crippen molar-refractivity contribution < 1.29 is 9.90 Å². The molecule has 2 atom stereocenters. The van der Waals surface area contributed by atoms with Gasteiger partial charge in [-0.3, -0.25) is 4.79 Å². The quantitative estimate of drug-likeness (QED) is 0.639. The van der Waals surface area contributed by atoms with E-state index in [1.807, 2.05) is 0 Å². The molecule has 1 N–H and O–H groups in total. The van der Waals surface area contributed by atoms with Crippen molar-refractivity contribution in [3.05, 3.63) is 0 Å². The van der Waals surface area contributed by atoms with E-state index < -0.39 is 5.97 Å².